The minimum atomic E-state index is -1.29. The number of benzene rings is 2. The van der Waals surface area contributed by atoms with Crippen LogP contribution in [0.5, 0.6) is 0 Å². The van der Waals surface area contributed by atoms with E-state index in [-0.39, 0.29) is 22.3 Å². The number of amides is 4. The predicted octanol–water partition coefficient (Wildman–Crippen LogP) is 2.45. The van der Waals surface area contributed by atoms with Crippen LogP contribution in [0, 0.1) is 5.92 Å². The first-order valence-electron chi connectivity index (χ1n) is 9.53. The van der Waals surface area contributed by atoms with Gasteiger partial charge < -0.3 is 4.84 Å². The van der Waals surface area contributed by atoms with E-state index in [1.165, 1.54) is 24.3 Å². The van der Waals surface area contributed by atoms with Crippen LogP contribution in [0.25, 0.3) is 0 Å². The van der Waals surface area contributed by atoms with Gasteiger partial charge in [-0.3, -0.25) is 24.1 Å². The maximum absolute atomic E-state index is 13.1. The average Bonchev–Trinajstić information content (AvgIpc) is 3.15. The summed E-state index contributed by atoms with van der Waals surface area (Å²) in [6.45, 7) is 3.49. The Labute approximate surface area is 172 Å². The van der Waals surface area contributed by atoms with Crippen molar-refractivity contribution in [3.63, 3.8) is 0 Å². The van der Waals surface area contributed by atoms with Crippen LogP contribution in [0.15, 0.2) is 48.5 Å². The van der Waals surface area contributed by atoms with Crippen LogP contribution >= 0.6 is 0 Å². The lowest BCUT2D eigenvalue weighted by atomic mass is 9.97. The van der Waals surface area contributed by atoms with Crippen molar-refractivity contribution in [2.24, 2.45) is 5.92 Å². The van der Waals surface area contributed by atoms with Gasteiger partial charge in [0.05, 0.1) is 22.3 Å². The molecule has 2 unspecified atom stereocenters. The second-order valence-corrected chi connectivity index (χ2v) is 7.22. The van der Waals surface area contributed by atoms with Crippen LogP contribution < -0.4 is 0 Å². The van der Waals surface area contributed by atoms with E-state index in [0.717, 1.165) is 4.90 Å². The second-order valence-electron chi connectivity index (χ2n) is 7.22. The van der Waals surface area contributed by atoms with Crippen LogP contribution in [-0.2, 0) is 9.63 Å². The zero-order valence-corrected chi connectivity index (χ0v) is 16.3. The number of hydroxylamine groups is 2. The third kappa shape index (κ3) is 2.80. The van der Waals surface area contributed by atoms with Crippen molar-refractivity contribution in [2.45, 2.75) is 26.3 Å². The molecule has 4 rings (SSSR count). The van der Waals surface area contributed by atoms with E-state index in [2.05, 4.69) is 0 Å². The zero-order valence-electron chi connectivity index (χ0n) is 16.3. The van der Waals surface area contributed by atoms with Crippen LogP contribution in [0.1, 0.15) is 61.7 Å². The first-order valence-corrected chi connectivity index (χ1v) is 9.53. The quantitative estimate of drug-likeness (QED) is 0.707. The highest BCUT2D eigenvalue weighted by Gasteiger charge is 2.47. The molecule has 2 atom stereocenters. The second kappa shape index (κ2) is 7.22. The van der Waals surface area contributed by atoms with Crippen molar-refractivity contribution < 1.29 is 28.8 Å². The van der Waals surface area contributed by atoms with Crippen molar-refractivity contribution in [1.29, 1.82) is 0 Å². The van der Waals surface area contributed by atoms with Gasteiger partial charge in [-0.1, -0.05) is 49.6 Å². The van der Waals surface area contributed by atoms with Gasteiger partial charge in [-0.15, -0.1) is 0 Å². The number of carbonyl (C=O) groups is 5. The fourth-order valence-electron chi connectivity index (χ4n) is 3.67. The Morgan fingerprint density at radius 3 is 1.60 bits per heavy atom. The van der Waals surface area contributed by atoms with E-state index in [0.29, 0.717) is 11.5 Å². The summed E-state index contributed by atoms with van der Waals surface area (Å²) >= 11 is 0. The van der Waals surface area contributed by atoms with Gasteiger partial charge in [0.2, 0.25) is 0 Å². The molecule has 0 aromatic heterocycles. The molecule has 8 nitrogen and oxygen atoms in total. The van der Waals surface area contributed by atoms with Crippen molar-refractivity contribution >= 4 is 29.6 Å². The molecule has 30 heavy (non-hydrogen) atoms. The lowest BCUT2D eigenvalue weighted by molar-refractivity contribution is -0.175. The summed E-state index contributed by atoms with van der Waals surface area (Å²) in [5.41, 5.74) is 0.640. The molecule has 0 saturated carbocycles. The first-order chi connectivity index (χ1) is 14.4. The fraction of sp³-hybridized carbons (Fsp3) is 0.227. The number of imide groups is 2. The summed E-state index contributed by atoms with van der Waals surface area (Å²) in [5, 5.41) is 0.389. The van der Waals surface area contributed by atoms with Crippen molar-refractivity contribution in [3.05, 3.63) is 70.8 Å². The monoisotopic (exact) mass is 406 g/mol. The molecule has 152 valence electrons. The molecule has 2 aromatic carbocycles. The molecule has 2 aromatic rings. The Bertz CT molecular complexity index is 1040. The Balaban J connectivity index is 1.64. The highest BCUT2D eigenvalue weighted by atomic mass is 16.7. The van der Waals surface area contributed by atoms with E-state index in [1.54, 1.807) is 38.1 Å². The molecule has 2 aliphatic heterocycles. The summed E-state index contributed by atoms with van der Waals surface area (Å²) in [5.74, 6) is -4.24. The summed E-state index contributed by atoms with van der Waals surface area (Å²) in [7, 11) is 0. The molecule has 2 aliphatic rings. The maximum atomic E-state index is 13.1. The summed E-state index contributed by atoms with van der Waals surface area (Å²) in [6, 6.07) is 11.1. The maximum Gasteiger partial charge on any atom is 0.356 e. The molecule has 0 fully saturated rings. The number of nitrogens with zero attached hydrogens (tertiary/aromatic N) is 2. The number of hydrogen-bond acceptors (Lipinski definition) is 6. The lowest BCUT2D eigenvalue weighted by Gasteiger charge is -2.29. The molecule has 8 heteroatoms. The van der Waals surface area contributed by atoms with Gasteiger partial charge >= 0.3 is 5.97 Å². The molecule has 0 N–H and O–H groups in total. The minimum absolute atomic E-state index is 0.121. The standard InChI is InChI=1S/C22H18N2O6/c1-3-12(2)17(23-18(25)13-8-4-5-9-14(13)19(23)26)22(29)30-24-20(27)15-10-6-7-11-16(15)21(24)28/h4-12,17H,3H2,1-2H3. The van der Waals surface area contributed by atoms with Crippen LogP contribution in [-0.4, -0.2) is 45.6 Å². The molecule has 0 bridgehead atoms. The van der Waals surface area contributed by atoms with Crippen molar-refractivity contribution in [2.75, 3.05) is 0 Å². The van der Waals surface area contributed by atoms with Gasteiger partial charge in [0.25, 0.3) is 23.6 Å². The summed E-state index contributed by atoms with van der Waals surface area (Å²) in [6.07, 6.45) is 0.454. The van der Waals surface area contributed by atoms with E-state index in [4.69, 9.17) is 4.84 Å². The number of carbonyl (C=O) groups excluding carboxylic acids is 5. The predicted molar refractivity (Wildman–Crippen MR) is 103 cm³/mol. The third-order valence-electron chi connectivity index (χ3n) is 5.47. The molecule has 0 spiro atoms. The van der Waals surface area contributed by atoms with Gasteiger partial charge in [0.1, 0.15) is 6.04 Å². The van der Waals surface area contributed by atoms with Gasteiger partial charge in [-0.25, -0.2) is 4.79 Å². The summed E-state index contributed by atoms with van der Waals surface area (Å²) < 4.78 is 0. The van der Waals surface area contributed by atoms with Gasteiger partial charge in [-0.05, 0) is 30.2 Å². The highest BCUT2D eigenvalue weighted by molar-refractivity contribution is 6.23. The normalized spacial score (nSPS) is 17.1. The molecular formula is C22H18N2O6. The number of hydrogen-bond donors (Lipinski definition) is 0. The Morgan fingerprint density at radius 2 is 1.20 bits per heavy atom. The molecule has 0 aliphatic carbocycles. The van der Waals surface area contributed by atoms with Crippen LogP contribution in [0.3, 0.4) is 0 Å². The fourth-order valence-corrected chi connectivity index (χ4v) is 3.67. The third-order valence-corrected chi connectivity index (χ3v) is 5.47. The molecule has 0 radical (unpaired) electrons. The van der Waals surface area contributed by atoms with E-state index < -0.39 is 41.6 Å². The largest absolute Gasteiger partial charge is 0.356 e. The zero-order chi connectivity index (χ0) is 21.6. The van der Waals surface area contributed by atoms with Gasteiger partial charge in [-0.2, -0.15) is 0 Å². The Kier molecular flexibility index (Phi) is 4.69. The van der Waals surface area contributed by atoms with Crippen LogP contribution in [0.4, 0.5) is 0 Å². The molecule has 2 heterocycles. The number of fused-ring (bicyclic) bond motifs is 2. The van der Waals surface area contributed by atoms with Gasteiger partial charge in [0, 0.05) is 0 Å². The highest BCUT2D eigenvalue weighted by Crippen LogP contribution is 2.30. The topological polar surface area (TPSA) is 101 Å². The minimum Gasteiger partial charge on any atom is -0.327 e. The smallest absolute Gasteiger partial charge is 0.327 e. The molecule has 4 amide bonds. The average molecular weight is 406 g/mol. The van der Waals surface area contributed by atoms with E-state index >= 15 is 0 Å². The molecule has 0 saturated heterocycles. The van der Waals surface area contributed by atoms with E-state index in [1.807, 2.05) is 0 Å². The Morgan fingerprint density at radius 1 is 0.800 bits per heavy atom. The first kappa shape index (κ1) is 19.5. The van der Waals surface area contributed by atoms with Crippen molar-refractivity contribution in [1.82, 2.24) is 9.96 Å². The summed E-state index contributed by atoms with van der Waals surface area (Å²) in [4.78, 5) is 69.8. The van der Waals surface area contributed by atoms with Gasteiger partial charge in [0.15, 0.2) is 0 Å². The lowest BCUT2D eigenvalue weighted by Crippen LogP contribution is -2.51. The SMILES string of the molecule is CCC(C)C(C(=O)ON1C(=O)c2ccccc2C1=O)N1C(=O)c2ccccc2C1=O. The molecular weight excluding hydrogens is 388 g/mol. The van der Waals surface area contributed by atoms with E-state index in [9.17, 15) is 24.0 Å². The van der Waals surface area contributed by atoms with Crippen LogP contribution in [0.2, 0.25) is 0 Å². The van der Waals surface area contributed by atoms with Crippen molar-refractivity contribution in [3.8, 4) is 0 Å². The Hall–Kier alpha value is -3.81. The number of rotatable bonds is 5.